The highest BCUT2D eigenvalue weighted by Crippen LogP contribution is 2.34. The van der Waals surface area contributed by atoms with E-state index in [1.807, 2.05) is 30.3 Å². The largest absolute Gasteiger partial charge is 0.394 e. The van der Waals surface area contributed by atoms with Gasteiger partial charge >= 0.3 is 0 Å². The van der Waals surface area contributed by atoms with E-state index in [9.17, 15) is 20.1 Å². The first-order valence-electron chi connectivity index (χ1n) is 10.9. The third kappa shape index (κ3) is 4.10. The number of aromatic amines is 1. The maximum absolute atomic E-state index is 11.4. The van der Waals surface area contributed by atoms with Crippen LogP contribution in [-0.4, -0.2) is 83.4 Å². The van der Waals surface area contributed by atoms with E-state index in [2.05, 4.69) is 30.5 Å². The van der Waals surface area contributed by atoms with Crippen LogP contribution in [0.25, 0.3) is 22.7 Å². The van der Waals surface area contributed by atoms with Gasteiger partial charge in [0.2, 0.25) is 6.41 Å². The van der Waals surface area contributed by atoms with E-state index in [1.165, 1.54) is 22.0 Å². The van der Waals surface area contributed by atoms with Gasteiger partial charge < -0.3 is 30.3 Å². The third-order valence-corrected chi connectivity index (χ3v) is 5.90. The Balaban J connectivity index is 1.61. The van der Waals surface area contributed by atoms with Gasteiger partial charge in [0.15, 0.2) is 29.0 Å². The lowest BCUT2D eigenvalue weighted by atomic mass is 10.1. The Kier molecular flexibility index (Phi) is 6.13. The molecule has 0 radical (unpaired) electrons. The second-order valence-corrected chi connectivity index (χ2v) is 8.13. The monoisotopic (exact) mass is 480 g/mol. The summed E-state index contributed by atoms with van der Waals surface area (Å²) in [4.78, 5) is 26.4. The zero-order chi connectivity index (χ0) is 24.5. The first-order valence-corrected chi connectivity index (χ1v) is 10.9. The zero-order valence-corrected chi connectivity index (χ0v) is 18.7. The molecule has 0 bridgehead atoms. The summed E-state index contributed by atoms with van der Waals surface area (Å²) in [5.41, 5.74) is 2.61. The van der Waals surface area contributed by atoms with E-state index in [-0.39, 0.29) is 5.82 Å². The van der Waals surface area contributed by atoms with Crippen LogP contribution in [-0.2, 0) is 16.1 Å². The van der Waals surface area contributed by atoms with E-state index < -0.39 is 31.1 Å². The molecule has 0 spiro atoms. The molecule has 0 unspecified atom stereocenters. The molecular weight excluding hydrogens is 456 g/mol. The number of rotatable bonds is 8. The highest BCUT2D eigenvalue weighted by atomic mass is 16.6. The molecule has 4 heterocycles. The Morgan fingerprint density at radius 3 is 2.74 bits per heavy atom. The Morgan fingerprint density at radius 2 is 2.03 bits per heavy atom. The molecule has 5 rings (SSSR count). The first-order chi connectivity index (χ1) is 17.0. The number of fused-ring (bicyclic) bond motifs is 1. The average molecular weight is 480 g/mol. The number of aliphatic hydroxyl groups is 3. The lowest BCUT2D eigenvalue weighted by Gasteiger charge is -2.17. The number of H-pyrrole nitrogens is 1. The van der Waals surface area contributed by atoms with Crippen molar-refractivity contribution in [2.24, 2.45) is 0 Å². The lowest BCUT2D eigenvalue weighted by molar-refractivity contribution is -0.107. The Morgan fingerprint density at radius 1 is 1.23 bits per heavy atom. The van der Waals surface area contributed by atoms with Crippen LogP contribution in [0.4, 0.5) is 11.5 Å². The van der Waals surface area contributed by atoms with E-state index in [0.717, 1.165) is 5.56 Å². The molecule has 1 aromatic carbocycles. The summed E-state index contributed by atoms with van der Waals surface area (Å²) in [6.07, 6.45) is -1.02. The van der Waals surface area contributed by atoms with Crippen LogP contribution < -0.4 is 10.2 Å². The second-order valence-electron chi connectivity index (χ2n) is 8.13. The molecule has 182 valence electrons. The van der Waals surface area contributed by atoms with Gasteiger partial charge in [0.1, 0.15) is 24.0 Å². The quantitative estimate of drug-likeness (QED) is 0.216. The van der Waals surface area contributed by atoms with Gasteiger partial charge in [-0.25, -0.2) is 15.0 Å². The molecule has 35 heavy (non-hydrogen) atoms. The van der Waals surface area contributed by atoms with Gasteiger partial charge in [-0.15, -0.1) is 0 Å². The third-order valence-electron chi connectivity index (χ3n) is 5.90. The zero-order valence-electron chi connectivity index (χ0n) is 18.7. The van der Waals surface area contributed by atoms with Crippen molar-refractivity contribution in [2.45, 2.75) is 31.1 Å². The molecular formula is C22H24N8O5. The number of hydrogen-bond donors (Lipinski definition) is 5. The van der Waals surface area contributed by atoms with Crippen molar-refractivity contribution in [2.75, 3.05) is 23.9 Å². The number of aromatic nitrogens is 6. The predicted molar refractivity (Wildman–Crippen MR) is 124 cm³/mol. The first kappa shape index (κ1) is 22.9. The van der Waals surface area contributed by atoms with Crippen molar-refractivity contribution in [1.29, 1.82) is 0 Å². The maximum Gasteiger partial charge on any atom is 0.213 e. The number of anilines is 2. The topological polar surface area (TPSA) is 175 Å². The number of hydrogen-bond acceptors (Lipinski definition) is 10. The molecule has 3 aromatic heterocycles. The summed E-state index contributed by atoms with van der Waals surface area (Å²) in [6.45, 7) is -0.00180. The van der Waals surface area contributed by atoms with Crippen molar-refractivity contribution >= 4 is 29.1 Å². The molecule has 1 aliphatic rings. The van der Waals surface area contributed by atoms with Crippen LogP contribution >= 0.6 is 0 Å². The fourth-order valence-electron chi connectivity index (χ4n) is 4.00. The Hall–Kier alpha value is -3.91. The molecule has 5 N–H and O–H groups in total. The summed E-state index contributed by atoms with van der Waals surface area (Å²) in [7, 11) is 1.58. The molecule has 13 nitrogen and oxygen atoms in total. The Bertz CT molecular complexity index is 1330. The molecule has 4 aromatic rings. The summed E-state index contributed by atoms with van der Waals surface area (Å²) < 4.78 is 7.17. The van der Waals surface area contributed by atoms with E-state index >= 15 is 0 Å². The molecule has 0 aliphatic carbocycles. The predicted octanol–water partition coefficient (Wildman–Crippen LogP) is 0.0326. The summed E-state index contributed by atoms with van der Waals surface area (Å²) in [5, 5.41) is 40.4. The number of carbonyl (C=O) groups excluding carboxylic acids is 1. The highest BCUT2D eigenvalue weighted by molar-refractivity contribution is 5.88. The van der Waals surface area contributed by atoms with Gasteiger partial charge in [0.25, 0.3) is 0 Å². The van der Waals surface area contributed by atoms with Crippen molar-refractivity contribution in [3.05, 3.63) is 48.4 Å². The number of aliphatic hydroxyl groups excluding tert-OH is 3. The van der Waals surface area contributed by atoms with Gasteiger partial charge in [-0.2, -0.15) is 5.10 Å². The summed E-state index contributed by atoms with van der Waals surface area (Å²) in [6, 6.07) is 9.73. The van der Waals surface area contributed by atoms with Gasteiger partial charge in [0, 0.05) is 13.6 Å². The van der Waals surface area contributed by atoms with Gasteiger partial charge in [-0.1, -0.05) is 30.3 Å². The average Bonchev–Trinajstić information content (AvgIpc) is 3.61. The van der Waals surface area contributed by atoms with E-state index in [1.54, 1.807) is 7.05 Å². The molecule has 1 aliphatic heterocycles. The number of amides is 1. The number of carbonyl (C=O) groups is 1. The summed E-state index contributed by atoms with van der Waals surface area (Å²) >= 11 is 0. The maximum atomic E-state index is 11.4. The minimum atomic E-state index is -1.31. The van der Waals surface area contributed by atoms with Crippen LogP contribution in [0.5, 0.6) is 0 Å². The molecule has 1 fully saturated rings. The van der Waals surface area contributed by atoms with E-state index in [4.69, 9.17) is 4.74 Å². The van der Waals surface area contributed by atoms with Crippen LogP contribution in [0, 0.1) is 0 Å². The lowest BCUT2D eigenvalue weighted by Crippen LogP contribution is -2.33. The molecule has 13 heteroatoms. The van der Waals surface area contributed by atoms with Crippen molar-refractivity contribution in [3.8, 4) is 11.5 Å². The van der Waals surface area contributed by atoms with Crippen molar-refractivity contribution in [3.63, 3.8) is 0 Å². The fraction of sp³-hybridized carbons (Fsp3) is 0.318. The van der Waals surface area contributed by atoms with Gasteiger partial charge in [0.05, 0.1) is 24.8 Å². The normalized spacial score (nSPS) is 21.9. The van der Waals surface area contributed by atoms with Gasteiger partial charge in [-0.05, 0) is 5.56 Å². The minimum Gasteiger partial charge on any atom is -0.394 e. The second kappa shape index (κ2) is 9.38. The number of ether oxygens (including phenoxy) is 1. The Labute approximate surface area is 199 Å². The molecule has 0 saturated carbocycles. The van der Waals surface area contributed by atoms with Crippen LogP contribution in [0.1, 0.15) is 11.8 Å². The van der Waals surface area contributed by atoms with Crippen LogP contribution in [0.15, 0.2) is 42.9 Å². The van der Waals surface area contributed by atoms with Crippen molar-refractivity contribution in [1.82, 2.24) is 29.7 Å². The summed E-state index contributed by atoms with van der Waals surface area (Å²) in [5.74, 6) is 0.636. The standard InChI is InChI=1S/C22H24N8O5/c1-29(11-32)13-8-25-28-15(13)20-26-19(23-7-12-5-3-2-4-6-12)16-21(27-20)30(10-24-16)22-18(34)17(33)14(9-31)35-22/h2-6,8,10-11,14,17-18,22,31,33-34H,7,9H2,1H3,(H,25,28)(H,23,26,27)/t14-,17-,18-,22-/m1/s1. The number of nitrogens with zero attached hydrogens (tertiary/aromatic N) is 6. The highest BCUT2D eigenvalue weighted by Gasteiger charge is 2.44. The molecule has 1 saturated heterocycles. The number of benzene rings is 1. The molecule has 4 atom stereocenters. The number of nitrogens with one attached hydrogen (secondary N) is 2. The van der Waals surface area contributed by atoms with Crippen LogP contribution in [0.2, 0.25) is 0 Å². The molecule has 1 amide bonds. The van der Waals surface area contributed by atoms with Crippen LogP contribution in [0.3, 0.4) is 0 Å². The number of imidazole rings is 1. The smallest absolute Gasteiger partial charge is 0.213 e. The van der Waals surface area contributed by atoms with E-state index in [0.29, 0.717) is 41.3 Å². The van der Waals surface area contributed by atoms with Crippen molar-refractivity contribution < 1.29 is 24.9 Å². The minimum absolute atomic E-state index is 0.225. The fourth-order valence-corrected chi connectivity index (χ4v) is 4.00. The SMILES string of the molecule is CN(C=O)c1cn[nH]c1-c1nc(NCc2ccccc2)c2ncn([C@@H]3O[C@H](CO)[C@@H](O)[C@H]3O)c2n1. The van der Waals surface area contributed by atoms with Gasteiger partial charge in [-0.3, -0.25) is 14.5 Å².